The first-order chi connectivity index (χ1) is 13.8. The van der Waals surface area contributed by atoms with E-state index in [-0.39, 0.29) is 32.4 Å². The normalized spacial score (nSPS) is 11.8. The van der Waals surface area contributed by atoms with Gasteiger partial charge in [0, 0.05) is 24.9 Å². The first-order valence-electron chi connectivity index (χ1n) is 8.03. The van der Waals surface area contributed by atoms with Crippen molar-refractivity contribution in [3.05, 3.63) is 30.2 Å². The highest BCUT2D eigenvalue weighted by Gasteiger charge is 2.31. The number of oxazole rings is 1. The molecule has 1 heterocycles. The van der Waals surface area contributed by atoms with Gasteiger partial charge in [-0.2, -0.15) is 13.2 Å². The van der Waals surface area contributed by atoms with Gasteiger partial charge >= 0.3 is 6.18 Å². The van der Waals surface area contributed by atoms with Crippen LogP contribution in [0.5, 0.6) is 0 Å². The molecule has 152 valence electrons. The highest BCUT2D eigenvalue weighted by Crippen LogP contribution is 2.43. The topological polar surface area (TPSA) is 98.9 Å². The van der Waals surface area contributed by atoms with Crippen molar-refractivity contribution in [3.8, 4) is 0 Å². The number of halogens is 3. The molecular weight excluding hydrogens is 427 g/mol. The second-order valence-electron chi connectivity index (χ2n) is 5.60. The molecule has 3 rings (SSSR count). The minimum Gasteiger partial charge on any atom is -0.443 e. The molecule has 1 aromatic heterocycles. The van der Waals surface area contributed by atoms with Crippen LogP contribution in [0.1, 0.15) is 5.56 Å². The Labute approximate surface area is 172 Å². The van der Waals surface area contributed by atoms with Gasteiger partial charge in [-0.05, 0) is 36.6 Å². The largest absolute Gasteiger partial charge is 0.443 e. The van der Waals surface area contributed by atoms with Crippen LogP contribution in [0.25, 0.3) is 21.9 Å². The summed E-state index contributed by atoms with van der Waals surface area (Å²) in [5.74, 6) is 0. The molecule has 0 aliphatic carbocycles. The van der Waals surface area contributed by atoms with Crippen LogP contribution < -0.4 is 21.5 Å². The second-order valence-corrected chi connectivity index (χ2v) is 6.39. The molecule has 0 unspecified atom stereocenters. The summed E-state index contributed by atoms with van der Waals surface area (Å²) in [4.78, 5) is 4.11. The number of fused-ring (bicyclic) bond motifs is 3. The molecule has 0 atom stereocenters. The Bertz CT molecular complexity index is 1130. The number of benzene rings is 2. The summed E-state index contributed by atoms with van der Waals surface area (Å²) >= 11 is 10.0. The first kappa shape index (κ1) is 20.7. The molecule has 0 bridgehead atoms. The summed E-state index contributed by atoms with van der Waals surface area (Å²) in [6.45, 7) is 0. The molecule has 0 saturated carbocycles. The van der Waals surface area contributed by atoms with E-state index in [4.69, 9.17) is 28.9 Å². The number of hydrazine groups is 1. The van der Waals surface area contributed by atoms with Crippen molar-refractivity contribution in [2.45, 2.75) is 6.18 Å². The number of nitrogens with one attached hydrogen (secondary N) is 4. The van der Waals surface area contributed by atoms with Gasteiger partial charge in [0.05, 0.1) is 5.56 Å². The number of aromatic nitrogens is 1. The molecule has 2 aromatic carbocycles. The quantitative estimate of drug-likeness (QED) is 0.275. The zero-order valence-electron chi connectivity index (χ0n) is 15.0. The third kappa shape index (κ3) is 4.19. The maximum atomic E-state index is 13.2. The Morgan fingerprint density at radius 3 is 2.55 bits per heavy atom. The van der Waals surface area contributed by atoms with Gasteiger partial charge in [0.15, 0.2) is 17.1 Å². The molecule has 29 heavy (non-hydrogen) atoms. The second kappa shape index (κ2) is 8.13. The maximum absolute atomic E-state index is 13.2. The number of hydrogen-bond donors (Lipinski definition) is 4. The molecule has 0 radical (unpaired) electrons. The van der Waals surface area contributed by atoms with Crippen molar-refractivity contribution in [3.63, 3.8) is 0 Å². The molecule has 0 fully saturated rings. The van der Waals surface area contributed by atoms with Crippen molar-refractivity contribution in [2.24, 2.45) is 10.2 Å². The maximum Gasteiger partial charge on any atom is 0.416 e. The Morgan fingerprint density at radius 2 is 1.90 bits per heavy atom. The van der Waals surface area contributed by atoms with Crippen molar-refractivity contribution in [1.82, 2.24) is 21.0 Å². The third-order valence-corrected chi connectivity index (χ3v) is 4.46. The fourth-order valence-electron chi connectivity index (χ4n) is 2.53. The predicted molar refractivity (Wildman–Crippen MR) is 111 cm³/mol. The molecule has 13 heteroatoms. The molecular formula is C16H14F3N7OS2. The first-order valence-corrected chi connectivity index (χ1v) is 8.85. The van der Waals surface area contributed by atoms with Crippen LogP contribution in [-0.4, -0.2) is 29.3 Å². The average molecular weight is 441 g/mol. The molecule has 0 aliphatic rings. The number of anilines is 1. The lowest BCUT2D eigenvalue weighted by Crippen LogP contribution is -2.36. The summed E-state index contributed by atoms with van der Waals surface area (Å²) in [6, 6.07) is 3.22. The standard InChI is InChI=1S/C16H14F3N7OS2/c1-20-14(28)25-23-10-8-4-3-7(16(17,18)19)5-9(8)13-12(22-6-27-13)11(10)24-26-15(29)21-2/h3-6,24H,1-2H3,(H,20,28)(H2,21,26,29). The van der Waals surface area contributed by atoms with Gasteiger partial charge in [0.1, 0.15) is 16.9 Å². The molecule has 0 spiro atoms. The lowest BCUT2D eigenvalue weighted by atomic mass is 10.0. The highest BCUT2D eigenvalue weighted by molar-refractivity contribution is 7.80. The molecule has 3 aromatic rings. The van der Waals surface area contributed by atoms with E-state index in [1.54, 1.807) is 14.1 Å². The number of hydrogen-bond acceptors (Lipinski definition) is 6. The van der Waals surface area contributed by atoms with Crippen LogP contribution >= 0.6 is 24.4 Å². The number of nitrogens with zero attached hydrogens (tertiary/aromatic N) is 3. The molecule has 8 nitrogen and oxygen atoms in total. The molecule has 0 saturated heterocycles. The monoisotopic (exact) mass is 441 g/mol. The number of azo groups is 1. The van der Waals surface area contributed by atoms with E-state index in [1.807, 2.05) is 0 Å². The number of rotatable bonds is 3. The van der Waals surface area contributed by atoms with Crippen molar-refractivity contribution in [2.75, 3.05) is 19.5 Å². The van der Waals surface area contributed by atoms with Gasteiger partial charge in [-0.25, -0.2) is 4.98 Å². The smallest absolute Gasteiger partial charge is 0.416 e. The molecule has 4 N–H and O–H groups in total. The zero-order valence-corrected chi connectivity index (χ0v) is 16.6. The van der Waals surface area contributed by atoms with E-state index in [1.165, 1.54) is 6.07 Å². The average Bonchev–Trinajstić information content (AvgIpc) is 3.19. The molecule has 0 amide bonds. The Balaban J connectivity index is 2.30. The number of alkyl halides is 3. The van der Waals surface area contributed by atoms with Gasteiger partial charge in [-0.1, -0.05) is 6.07 Å². The third-order valence-electron chi connectivity index (χ3n) is 3.87. The van der Waals surface area contributed by atoms with Gasteiger partial charge in [0.2, 0.25) is 5.11 Å². The van der Waals surface area contributed by atoms with Crippen LogP contribution in [-0.2, 0) is 6.18 Å². The van der Waals surface area contributed by atoms with Gasteiger partial charge in [-0.3, -0.25) is 10.9 Å². The van der Waals surface area contributed by atoms with E-state index in [0.29, 0.717) is 11.1 Å². The van der Waals surface area contributed by atoms with Gasteiger partial charge < -0.3 is 15.1 Å². The van der Waals surface area contributed by atoms with Crippen molar-refractivity contribution < 1.29 is 17.6 Å². The van der Waals surface area contributed by atoms with E-state index in [0.717, 1.165) is 18.5 Å². The van der Waals surface area contributed by atoms with E-state index in [9.17, 15) is 13.2 Å². The van der Waals surface area contributed by atoms with Crippen LogP contribution in [0.15, 0.2) is 39.2 Å². The summed E-state index contributed by atoms with van der Waals surface area (Å²) in [6.07, 6.45) is -3.39. The SMILES string of the molecule is CNC(=S)N=Nc1c(NNC(=S)NC)c2ncoc2c2cc(C(F)(F)F)ccc12. The Kier molecular flexibility index (Phi) is 5.79. The minimum atomic E-state index is -4.52. The van der Waals surface area contributed by atoms with Crippen LogP contribution in [0.2, 0.25) is 0 Å². The highest BCUT2D eigenvalue weighted by atomic mass is 32.1. The van der Waals surface area contributed by atoms with Gasteiger partial charge in [0.25, 0.3) is 0 Å². The van der Waals surface area contributed by atoms with E-state index >= 15 is 0 Å². The lowest BCUT2D eigenvalue weighted by Gasteiger charge is -2.15. The zero-order chi connectivity index (χ0) is 21.2. The van der Waals surface area contributed by atoms with Crippen LogP contribution in [0.3, 0.4) is 0 Å². The Hall–Kier alpha value is -3.06. The minimum absolute atomic E-state index is 0.0926. The van der Waals surface area contributed by atoms with Crippen molar-refractivity contribution in [1.29, 1.82) is 0 Å². The summed E-state index contributed by atoms with van der Waals surface area (Å²) in [7, 11) is 3.19. The summed E-state index contributed by atoms with van der Waals surface area (Å²) < 4.78 is 45.0. The van der Waals surface area contributed by atoms with E-state index in [2.05, 4.69) is 36.7 Å². The summed E-state index contributed by atoms with van der Waals surface area (Å²) in [5.41, 5.74) is 5.67. The Morgan fingerprint density at radius 1 is 1.14 bits per heavy atom. The van der Waals surface area contributed by atoms with Crippen molar-refractivity contribution >= 4 is 67.9 Å². The van der Waals surface area contributed by atoms with E-state index < -0.39 is 11.7 Å². The predicted octanol–water partition coefficient (Wildman–Crippen LogP) is 4.01. The fraction of sp³-hybridized carbons (Fsp3) is 0.188. The van der Waals surface area contributed by atoms with Crippen LogP contribution in [0, 0.1) is 0 Å². The lowest BCUT2D eigenvalue weighted by molar-refractivity contribution is -0.137. The van der Waals surface area contributed by atoms with Crippen LogP contribution in [0.4, 0.5) is 24.5 Å². The fourth-order valence-corrected chi connectivity index (χ4v) is 2.62. The molecule has 0 aliphatic heterocycles. The van der Waals surface area contributed by atoms with Gasteiger partial charge in [-0.15, -0.1) is 10.2 Å². The summed E-state index contributed by atoms with van der Waals surface area (Å²) in [5, 5.41) is 14.3. The number of thiocarbonyl (C=S) groups is 2.